The number of piperidine rings is 1. The van der Waals surface area contributed by atoms with Gasteiger partial charge in [-0.05, 0) is 63.1 Å². The highest BCUT2D eigenvalue weighted by atomic mass is 32.2. The zero-order chi connectivity index (χ0) is 23.6. The minimum Gasteiger partial charge on any atom is -0.495 e. The lowest BCUT2D eigenvalue weighted by atomic mass is 10.2. The van der Waals surface area contributed by atoms with Crippen molar-refractivity contribution >= 4 is 21.6 Å². The Balaban J connectivity index is 1.57. The molecule has 1 N–H and O–H groups in total. The SMILES string of the molecule is COc1ccc(S(=O)(=O)N2CCCCC2)cc1NC(=O)c1ccc(-n2nc(C)cc2C)nc1. The monoisotopic (exact) mass is 469 g/mol. The van der Waals surface area contributed by atoms with Crippen molar-refractivity contribution in [3.05, 3.63) is 59.5 Å². The Morgan fingerprint density at radius 2 is 1.82 bits per heavy atom. The Morgan fingerprint density at radius 1 is 1.06 bits per heavy atom. The van der Waals surface area contributed by atoms with E-state index in [1.807, 2.05) is 19.9 Å². The second kappa shape index (κ2) is 9.32. The van der Waals surface area contributed by atoms with Crippen LogP contribution in [-0.2, 0) is 10.0 Å². The summed E-state index contributed by atoms with van der Waals surface area (Å²) >= 11 is 0. The number of anilines is 1. The number of hydrogen-bond acceptors (Lipinski definition) is 6. The van der Waals surface area contributed by atoms with Crippen molar-refractivity contribution in [3.8, 4) is 11.6 Å². The lowest BCUT2D eigenvalue weighted by molar-refractivity contribution is 0.102. The van der Waals surface area contributed by atoms with E-state index in [0.717, 1.165) is 30.7 Å². The summed E-state index contributed by atoms with van der Waals surface area (Å²) in [6.07, 6.45) is 4.18. The van der Waals surface area contributed by atoms with Crippen LogP contribution in [0.15, 0.2) is 47.5 Å². The Hall–Kier alpha value is -3.24. The van der Waals surface area contributed by atoms with Crippen molar-refractivity contribution in [3.63, 3.8) is 0 Å². The number of carbonyl (C=O) groups is 1. The summed E-state index contributed by atoms with van der Waals surface area (Å²) in [5.41, 5.74) is 2.42. The fraction of sp³-hybridized carbons (Fsp3) is 0.348. The predicted octanol–water partition coefficient (Wildman–Crippen LogP) is 3.32. The number of carbonyl (C=O) groups excluding carboxylic acids is 1. The zero-order valence-corrected chi connectivity index (χ0v) is 19.7. The molecule has 1 aliphatic rings. The van der Waals surface area contributed by atoms with Crippen LogP contribution in [-0.4, -0.2) is 53.6 Å². The normalized spacial score (nSPS) is 14.8. The maximum Gasteiger partial charge on any atom is 0.257 e. The van der Waals surface area contributed by atoms with E-state index in [-0.39, 0.29) is 10.6 Å². The average Bonchev–Trinajstić information content (AvgIpc) is 3.17. The maximum absolute atomic E-state index is 13.1. The van der Waals surface area contributed by atoms with Gasteiger partial charge in [-0.3, -0.25) is 4.79 Å². The molecule has 3 heterocycles. The van der Waals surface area contributed by atoms with Crippen molar-refractivity contribution in [1.29, 1.82) is 0 Å². The molecule has 0 saturated carbocycles. The van der Waals surface area contributed by atoms with Crippen LogP contribution in [0.5, 0.6) is 5.75 Å². The van der Waals surface area contributed by atoms with Gasteiger partial charge in [-0.1, -0.05) is 6.42 Å². The molecule has 1 saturated heterocycles. The average molecular weight is 470 g/mol. The molecule has 9 nitrogen and oxygen atoms in total. The number of hydrogen-bond donors (Lipinski definition) is 1. The van der Waals surface area contributed by atoms with E-state index in [0.29, 0.717) is 30.2 Å². The van der Waals surface area contributed by atoms with Crippen molar-refractivity contribution < 1.29 is 17.9 Å². The van der Waals surface area contributed by atoms with Crippen LogP contribution < -0.4 is 10.1 Å². The Labute approximate surface area is 193 Å². The number of amides is 1. The molecule has 3 aromatic rings. The summed E-state index contributed by atoms with van der Waals surface area (Å²) in [5.74, 6) is 0.547. The fourth-order valence-electron chi connectivity index (χ4n) is 3.90. The number of methoxy groups -OCH3 is 1. The standard InChI is InChI=1S/C23H27N5O4S/c1-16-13-17(2)28(26-16)22-10-7-18(15-24-22)23(29)25-20-14-19(8-9-21(20)32-3)33(30,31)27-11-5-4-6-12-27/h7-10,13-15H,4-6,11-12H2,1-3H3,(H,25,29). The van der Waals surface area contributed by atoms with Crippen molar-refractivity contribution in [1.82, 2.24) is 19.1 Å². The van der Waals surface area contributed by atoms with Crippen LogP contribution in [0.1, 0.15) is 41.0 Å². The summed E-state index contributed by atoms with van der Waals surface area (Å²) in [6, 6.07) is 9.80. The largest absolute Gasteiger partial charge is 0.495 e. The summed E-state index contributed by atoms with van der Waals surface area (Å²) in [6.45, 7) is 4.84. The number of nitrogens with zero attached hydrogens (tertiary/aromatic N) is 4. The minimum atomic E-state index is -3.64. The Kier molecular flexibility index (Phi) is 6.48. The molecule has 1 fully saturated rings. The van der Waals surface area contributed by atoms with Crippen molar-refractivity contribution in [2.24, 2.45) is 0 Å². The molecular weight excluding hydrogens is 442 g/mol. The van der Waals surface area contributed by atoms with Crippen LogP contribution >= 0.6 is 0 Å². The first-order valence-electron chi connectivity index (χ1n) is 10.8. The van der Waals surface area contributed by atoms with Crippen LogP contribution in [0.4, 0.5) is 5.69 Å². The first kappa shape index (κ1) is 22.9. The van der Waals surface area contributed by atoms with E-state index >= 15 is 0 Å². The lowest BCUT2D eigenvalue weighted by Crippen LogP contribution is -2.35. The van der Waals surface area contributed by atoms with Gasteiger partial charge in [0, 0.05) is 25.0 Å². The molecule has 2 aromatic heterocycles. The van der Waals surface area contributed by atoms with Crippen molar-refractivity contribution in [2.45, 2.75) is 38.0 Å². The number of rotatable bonds is 6. The molecule has 0 atom stereocenters. The molecule has 0 spiro atoms. The van der Waals surface area contributed by atoms with Crippen LogP contribution in [0, 0.1) is 13.8 Å². The number of aromatic nitrogens is 3. The molecule has 0 radical (unpaired) electrons. The minimum absolute atomic E-state index is 0.124. The number of pyridine rings is 1. The summed E-state index contributed by atoms with van der Waals surface area (Å²) in [7, 11) is -2.18. The van der Waals surface area contributed by atoms with E-state index in [1.54, 1.807) is 22.9 Å². The van der Waals surface area contributed by atoms with Gasteiger partial charge in [0.1, 0.15) is 5.75 Å². The van der Waals surface area contributed by atoms with Crippen molar-refractivity contribution in [2.75, 3.05) is 25.5 Å². The molecule has 1 amide bonds. The molecular formula is C23H27N5O4S. The van der Waals surface area contributed by atoms with Gasteiger partial charge in [-0.25, -0.2) is 18.1 Å². The molecule has 174 valence electrons. The van der Waals surface area contributed by atoms with E-state index in [4.69, 9.17) is 4.74 Å². The van der Waals surface area contributed by atoms with Gasteiger partial charge in [0.2, 0.25) is 10.0 Å². The Bertz CT molecular complexity index is 1260. The topological polar surface area (TPSA) is 106 Å². The smallest absolute Gasteiger partial charge is 0.257 e. The van der Waals surface area contributed by atoms with Gasteiger partial charge in [0.25, 0.3) is 5.91 Å². The maximum atomic E-state index is 13.1. The summed E-state index contributed by atoms with van der Waals surface area (Å²) in [5, 5.41) is 7.15. The van der Waals surface area contributed by atoms with Crippen LogP contribution in [0.2, 0.25) is 0 Å². The highest BCUT2D eigenvalue weighted by Crippen LogP contribution is 2.30. The fourth-order valence-corrected chi connectivity index (χ4v) is 5.44. The highest BCUT2D eigenvalue weighted by Gasteiger charge is 2.27. The molecule has 0 bridgehead atoms. The third-order valence-corrected chi connectivity index (χ3v) is 7.50. The third kappa shape index (κ3) is 4.76. The number of aryl methyl sites for hydroxylation is 2. The predicted molar refractivity (Wildman–Crippen MR) is 124 cm³/mol. The van der Waals surface area contributed by atoms with Crippen LogP contribution in [0.3, 0.4) is 0 Å². The first-order valence-corrected chi connectivity index (χ1v) is 12.2. The van der Waals surface area contributed by atoms with Gasteiger partial charge < -0.3 is 10.1 Å². The molecule has 0 unspecified atom stereocenters. The van der Waals surface area contributed by atoms with E-state index in [1.165, 1.54) is 29.7 Å². The molecule has 4 rings (SSSR count). The first-order chi connectivity index (χ1) is 15.8. The second-order valence-electron chi connectivity index (χ2n) is 8.02. The molecule has 33 heavy (non-hydrogen) atoms. The van der Waals surface area contributed by atoms with Gasteiger partial charge in [-0.15, -0.1) is 0 Å². The van der Waals surface area contributed by atoms with Gasteiger partial charge in [-0.2, -0.15) is 9.40 Å². The molecule has 1 aromatic carbocycles. The van der Waals surface area contributed by atoms with Gasteiger partial charge >= 0.3 is 0 Å². The quantitative estimate of drug-likeness (QED) is 0.594. The van der Waals surface area contributed by atoms with E-state index in [9.17, 15) is 13.2 Å². The summed E-state index contributed by atoms with van der Waals surface area (Å²) in [4.78, 5) is 17.4. The molecule has 0 aliphatic carbocycles. The number of sulfonamides is 1. The highest BCUT2D eigenvalue weighted by molar-refractivity contribution is 7.89. The number of ether oxygens (including phenoxy) is 1. The van der Waals surface area contributed by atoms with E-state index < -0.39 is 15.9 Å². The Morgan fingerprint density at radius 3 is 2.42 bits per heavy atom. The second-order valence-corrected chi connectivity index (χ2v) is 9.96. The third-order valence-electron chi connectivity index (χ3n) is 5.61. The zero-order valence-electron chi connectivity index (χ0n) is 18.9. The van der Waals surface area contributed by atoms with E-state index in [2.05, 4.69) is 15.4 Å². The van der Waals surface area contributed by atoms with Gasteiger partial charge in [0.15, 0.2) is 5.82 Å². The number of nitrogens with one attached hydrogen (secondary N) is 1. The molecule has 1 aliphatic heterocycles. The summed E-state index contributed by atoms with van der Waals surface area (Å²) < 4.78 is 34.6. The lowest BCUT2D eigenvalue weighted by Gasteiger charge is -2.26. The number of benzene rings is 1. The van der Waals surface area contributed by atoms with Gasteiger partial charge in [0.05, 0.1) is 29.0 Å². The van der Waals surface area contributed by atoms with Crippen LogP contribution in [0.25, 0.3) is 5.82 Å². The molecule has 10 heteroatoms.